The third kappa shape index (κ3) is 1.51. The Morgan fingerprint density at radius 2 is 2.19 bits per heavy atom. The normalized spacial score (nSPS) is 20.6. The minimum absolute atomic E-state index is 0.0241. The van der Waals surface area contributed by atoms with E-state index >= 15 is 0 Å². The first-order valence-electron chi connectivity index (χ1n) is 5.32. The number of hydrogen-bond acceptors (Lipinski definition) is 2. The second-order valence-electron chi connectivity index (χ2n) is 4.37. The Balaban J connectivity index is 2.67. The van der Waals surface area contributed by atoms with Crippen LogP contribution in [0.15, 0.2) is 6.07 Å². The quantitative estimate of drug-likeness (QED) is 0.791. The third-order valence-corrected chi connectivity index (χ3v) is 3.66. The molecule has 1 amide bonds. The van der Waals surface area contributed by atoms with Gasteiger partial charge >= 0.3 is 0 Å². The third-order valence-electron chi connectivity index (χ3n) is 3.16. The average Bonchev–Trinajstić information content (AvgIpc) is 2.50. The minimum Gasteiger partial charge on any atom is -0.325 e. The summed E-state index contributed by atoms with van der Waals surface area (Å²) in [5.41, 5.74) is 9.53. The maximum atomic E-state index is 11.6. The van der Waals surface area contributed by atoms with Gasteiger partial charge in [-0.15, -0.1) is 0 Å². The molecular formula is C12H15ClN2O. The number of benzene rings is 1. The number of fused-ring (bicyclic) bond motifs is 1. The summed E-state index contributed by atoms with van der Waals surface area (Å²) < 4.78 is 0. The fourth-order valence-electron chi connectivity index (χ4n) is 2.06. The van der Waals surface area contributed by atoms with Crippen LogP contribution in [0.3, 0.4) is 0 Å². The number of anilines is 1. The number of carbonyl (C=O) groups excluding carboxylic acids is 1. The fourth-order valence-corrected chi connectivity index (χ4v) is 2.38. The standard InChI is InChI=1S/C12H15ClN2O/c1-5-8-4-9(7(3)14)10(13)6(2)11(8)15-12(5)16/h4-5,7H,14H2,1-3H3,(H,15,16). The molecule has 1 aromatic rings. The van der Waals surface area contributed by atoms with Crippen molar-refractivity contribution in [2.75, 3.05) is 5.32 Å². The van der Waals surface area contributed by atoms with E-state index in [-0.39, 0.29) is 17.9 Å². The number of nitrogens with one attached hydrogen (secondary N) is 1. The van der Waals surface area contributed by atoms with Crippen LogP contribution in [0.1, 0.15) is 42.5 Å². The lowest BCUT2D eigenvalue weighted by Gasteiger charge is -2.15. The van der Waals surface area contributed by atoms with E-state index in [9.17, 15) is 4.79 Å². The average molecular weight is 239 g/mol. The molecule has 86 valence electrons. The zero-order chi connectivity index (χ0) is 12.0. The molecule has 0 radical (unpaired) electrons. The van der Waals surface area contributed by atoms with Gasteiger partial charge in [0.1, 0.15) is 0 Å². The van der Waals surface area contributed by atoms with Gasteiger partial charge in [0.05, 0.1) is 10.9 Å². The molecule has 1 heterocycles. The van der Waals surface area contributed by atoms with Crippen molar-refractivity contribution in [3.05, 3.63) is 27.8 Å². The van der Waals surface area contributed by atoms with E-state index in [2.05, 4.69) is 5.32 Å². The molecule has 0 bridgehead atoms. The van der Waals surface area contributed by atoms with Gasteiger partial charge in [0, 0.05) is 11.7 Å². The van der Waals surface area contributed by atoms with Crippen molar-refractivity contribution < 1.29 is 4.79 Å². The fraction of sp³-hybridized carbons (Fsp3) is 0.417. The monoisotopic (exact) mass is 238 g/mol. The smallest absolute Gasteiger partial charge is 0.231 e. The molecule has 4 heteroatoms. The summed E-state index contributed by atoms with van der Waals surface area (Å²) in [4.78, 5) is 11.6. The number of nitrogens with two attached hydrogens (primary N) is 1. The van der Waals surface area contributed by atoms with E-state index in [1.165, 1.54) is 0 Å². The SMILES string of the molecule is Cc1c(Cl)c(C(C)N)cc2c1NC(=O)C2C. The lowest BCUT2D eigenvalue weighted by molar-refractivity contribution is -0.116. The number of carbonyl (C=O) groups is 1. The van der Waals surface area contributed by atoms with Crippen molar-refractivity contribution in [1.82, 2.24) is 0 Å². The maximum absolute atomic E-state index is 11.6. The molecule has 0 aliphatic carbocycles. The van der Waals surface area contributed by atoms with Gasteiger partial charge in [0.25, 0.3) is 0 Å². The summed E-state index contributed by atoms with van der Waals surface area (Å²) in [6, 6.07) is 1.82. The molecule has 1 aromatic carbocycles. The molecule has 2 unspecified atom stereocenters. The molecule has 2 rings (SSSR count). The van der Waals surface area contributed by atoms with Gasteiger partial charge in [0.15, 0.2) is 0 Å². The predicted octanol–water partition coefficient (Wildman–Crippen LogP) is 2.72. The molecule has 1 aliphatic heterocycles. The van der Waals surface area contributed by atoms with Crippen molar-refractivity contribution in [2.24, 2.45) is 5.73 Å². The second-order valence-corrected chi connectivity index (χ2v) is 4.75. The number of amides is 1. The van der Waals surface area contributed by atoms with Crippen molar-refractivity contribution in [3.63, 3.8) is 0 Å². The molecule has 0 saturated heterocycles. The number of halogens is 1. The zero-order valence-electron chi connectivity index (χ0n) is 9.60. The van der Waals surface area contributed by atoms with E-state index in [0.29, 0.717) is 5.02 Å². The largest absolute Gasteiger partial charge is 0.325 e. The lowest BCUT2D eigenvalue weighted by Crippen LogP contribution is -2.08. The van der Waals surface area contributed by atoms with E-state index in [0.717, 1.165) is 22.4 Å². The van der Waals surface area contributed by atoms with Gasteiger partial charge in [-0.25, -0.2) is 0 Å². The number of rotatable bonds is 1. The molecule has 0 fully saturated rings. The molecular weight excluding hydrogens is 224 g/mol. The predicted molar refractivity (Wildman–Crippen MR) is 65.8 cm³/mol. The van der Waals surface area contributed by atoms with Gasteiger partial charge in [0.2, 0.25) is 5.91 Å². The molecule has 1 aliphatic rings. The Hall–Kier alpha value is -1.06. The van der Waals surface area contributed by atoms with E-state index in [1.54, 1.807) is 0 Å². The second kappa shape index (κ2) is 3.75. The molecule has 0 saturated carbocycles. The van der Waals surface area contributed by atoms with Crippen LogP contribution in [0.25, 0.3) is 0 Å². The highest BCUT2D eigenvalue weighted by Crippen LogP contribution is 2.41. The van der Waals surface area contributed by atoms with Gasteiger partial charge in [-0.3, -0.25) is 4.79 Å². The van der Waals surface area contributed by atoms with Crippen LogP contribution < -0.4 is 11.1 Å². The van der Waals surface area contributed by atoms with E-state index in [4.69, 9.17) is 17.3 Å². The summed E-state index contributed by atoms with van der Waals surface area (Å²) in [5.74, 6) is -0.0977. The summed E-state index contributed by atoms with van der Waals surface area (Å²) >= 11 is 6.24. The first-order chi connectivity index (χ1) is 7.43. The Bertz CT molecular complexity index is 469. The van der Waals surface area contributed by atoms with Crippen LogP contribution in [0.4, 0.5) is 5.69 Å². The number of hydrogen-bond donors (Lipinski definition) is 2. The van der Waals surface area contributed by atoms with Crippen molar-refractivity contribution in [2.45, 2.75) is 32.7 Å². The topological polar surface area (TPSA) is 55.1 Å². The summed E-state index contributed by atoms with van der Waals surface area (Å²) in [6.07, 6.45) is 0. The first-order valence-corrected chi connectivity index (χ1v) is 5.70. The van der Waals surface area contributed by atoms with Crippen LogP contribution in [-0.4, -0.2) is 5.91 Å². The van der Waals surface area contributed by atoms with Gasteiger partial charge in [-0.1, -0.05) is 11.6 Å². The highest BCUT2D eigenvalue weighted by atomic mass is 35.5. The highest BCUT2D eigenvalue weighted by molar-refractivity contribution is 6.33. The Morgan fingerprint density at radius 3 is 2.75 bits per heavy atom. The highest BCUT2D eigenvalue weighted by Gasteiger charge is 2.30. The zero-order valence-corrected chi connectivity index (χ0v) is 10.4. The van der Waals surface area contributed by atoms with Crippen LogP contribution in [0.5, 0.6) is 0 Å². The molecule has 0 spiro atoms. The van der Waals surface area contributed by atoms with Crippen LogP contribution >= 0.6 is 11.6 Å². The van der Waals surface area contributed by atoms with Crippen LogP contribution in [0, 0.1) is 6.92 Å². The lowest BCUT2D eigenvalue weighted by atomic mass is 9.95. The Labute approximate surface area is 100.0 Å². The van der Waals surface area contributed by atoms with Gasteiger partial charge in [-0.05, 0) is 43.5 Å². The molecule has 2 atom stereocenters. The van der Waals surface area contributed by atoms with Crippen molar-refractivity contribution in [3.8, 4) is 0 Å². The molecule has 0 aromatic heterocycles. The summed E-state index contributed by atoms with van der Waals surface area (Å²) in [5, 5.41) is 3.51. The van der Waals surface area contributed by atoms with Gasteiger partial charge < -0.3 is 11.1 Å². The summed E-state index contributed by atoms with van der Waals surface area (Å²) in [7, 11) is 0. The molecule has 16 heavy (non-hydrogen) atoms. The van der Waals surface area contributed by atoms with E-state index in [1.807, 2.05) is 26.8 Å². The summed E-state index contributed by atoms with van der Waals surface area (Å²) in [6.45, 7) is 5.69. The van der Waals surface area contributed by atoms with E-state index < -0.39 is 0 Å². The van der Waals surface area contributed by atoms with Crippen molar-refractivity contribution in [1.29, 1.82) is 0 Å². The van der Waals surface area contributed by atoms with Gasteiger partial charge in [-0.2, -0.15) is 0 Å². The minimum atomic E-state index is -0.126. The first kappa shape index (κ1) is 11.4. The molecule has 3 nitrogen and oxygen atoms in total. The maximum Gasteiger partial charge on any atom is 0.231 e. The molecule has 3 N–H and O–H groups in total. The van der Waals surface area contributed by atoms with Crippen LogP contribution in [-0.2, 0) is 4.79 Å². The van der Waals surface area contributed by atoms with Crippen molar-refractivity contribution >= 4 is 23.2 Å². The Morgan fingerprint density at radius 1 is 1.56 bits per heavy atom. The Kier molecular flexibility index (Phi) is 2.68. The van der Waals surface area contributed by atoms with Crippen LogP contribution in [0.2, 0.25) is 5.02 Å².